The van der Waals surface area contributed by atoms with Gasteiger partial charge in [-0.15, -0.1) is 0 Å². The van der Waals surface area contributed by atoms with Gasteiger partial charge >= 0.3 is 0 Å². The summed E-state index contributed by atoms with van der Waals surface area (Å²) >= 11 is 0. The molecule has 0 aliphatic rings. The van der Waals surface area contributed by atoms with Crippen LogP contribution in [0.4, 0.5) is 0 Å². The lowest BCUT2D eigenvalue weighted by Gasteiger charge is -2.16. The third-order valence-corrected chi connectivity index (χ3v) is 2.41. The number of hydrogen-bond acceptors (Lipinski definition) is 4. The van der Waals surface area contributed by atoms with Crippen LogP contribution in [0.25, 0.3) is 0 Å². The Bertz CT molecular complexity index is 139. The first-order valence-corrected chi connectivity index (χ1v) is 5.71. The number of hydrogen-bond donors (Lipinski definition) is 4. The molecule has 4 N–H and O–H groups in total. The van der Waals surface area contributed by atoms with Crippen molar-refractivity contribution in [1.82, 2.24) is 0 Å². The highest BCUT2D eigenvalue weighted by molar-refractivity contribution is 4.65. The topological polar surface area (TPSA) is 80.9 Å². The van der Waals surface area contributed by atoms with E-state index >= 15 is 0 Å². The highest BCUT2D eigenvalue weighted by Crippen LogP contribution is 2.11. The fourth-order valence-electron chi connectivity index (χ4n) is 1.48. The maximum absolute atomic E-state index is 9.51. The number of unbranched alkanes of at least 4 members (excludes halogenated alkanes) is 1. The van der Waals surface area contributed by atoms with Gasteiger partial charge in [-0.25, -0.2) is 0 Å². The molecule has 0 bridgehead atoms. The fourth-order valence-corrected chi connectivity index (χ4v) is 1.48. The largest absolute Gasteiger partial charge is 0.396 e. The van der Waals surface area contributed by atoms with Crippen LogP contribution < -0.4 is 0 Å². The van der Waals surface area contributed by atoms with Gasteiger partial charge in [0.25, 0.3) is 0 Å². The smallest absolute Gasteiger partial charge is 0.0565 e. The Balaban J connectivity index is 3.44. The Morgan fingerprint density at radius 1 is 0.867 bits per heavy atom. The van der Waals surface area contributed by atoms with Crippen molar-refractivity contribution in [2.75, 3.05) is 6.61 Å². The average Bonchev–Trinajstić information content (AvgIpc) is 2.15. The molecule has 0 heterocycles. The highest BCUT2D eigenvalue weighted by atomic mass is 16.3. The summed E-state index contributed by atoms with van der Waals surface area (Å²) in [5, 5.41) is 36.6. The summed E-state index contributed by atoms with van der Waals surface area (Å²) < 4.78 is 0. The molecule has 0 aliphatic heterocycles. The van der Waals surface area contributed by atoms with Crippen LogP contribution in [0.15, 0.2) is 0 Å². The van der Waals surface area contributed by atoms with Gasteiger partial charge in [0.2, 0.25) is 0 Å². The Kier molecular flexibility index (Phi) is 9.00. The third kappa shape index (κ3) is 10.1. The SMILES string of the molecule is CC(O)CCC(O)CC(O)CCCCO. The summed E-state index contributed by atoms with van der Waals surface area (Å²) in [4.78, 5) is 0. The Hall–Kier alpha value is -0.160. The molecular weight excluding hydrogens is 196 g/mol. The van der Waals surface area contributed by atoms with Crippen LogP contribution in [-0.2, 0) is 0 Å². The second-order valence-electron chi connectivity index (χ2n) is 4.19. The molecule has 3 unspecified atom stereocenters. The van der Waals surface area contributed by atoms with Crippen molar-refractivity contribution in [3.05, 3.63) is 0 Å². The van der Waals surface area contributed by atoms with Crippen LogP contribution in [0.3, 0.4) is 0 Å². The van der Waals surface area contributed by atoms with E-state index in [0.717, 1.165) is 6.42 Å². The van der Waals surface area contributed by atoms with Gasteiger partial charge in [-0.3, -0.25) is 0 Å². The molecule has 0 amide bonds. The van der Waals surface area contributed by atoms with E-state index in [1.807, 2.05) is 0 Å². The van der Waals surface area contributed by atoms with E-state index in [1.54, 1.807) is 6.92 Å². The quantitative estimate of drug-likeness (QED) is 0.425. The van der Waals surface area contributed by atoms with E-state index in [-0.39, 0.29) is 6.61 Å². The standard InChI is InChI=1S/C11H24O4/c1-9(13)5-6-11(15)8-10(14)4-2-3-7-12/h9-15H,2-8H2,1H3. The summed E-state index contributed by atoms with van der Waals surface area (Å²) in [6, 6.07) is 0. The molecule has 0 spiro atoms. The molecule has 92 valence electrons. The molecule has 0 aromatic carbocycles. The zero-order valence-corrected chi connectivity index (χ0v) is 9.47. The number of rotatable bonds is 9. The molecule has 0 rings (SSSR count). The molecule has 0 aromatic heterocycles. The van der Waals surface area contributed by atoms with Crippen molar-refractivity contribution in [2.24, 2.45) is 0 Å². The maximum Gasteiger partial charge on any atom is 0.0565 e. The lowest BCUT2D eigenvalue weighted by Crippen LogP contribution is -2.19. The molecule has 4 heteroatoms. The molecule has 15 heavy (non-hydrogen) atoms. The molecule has 0 fully saturated rings. The van der Waals surface area contributed by atoms with Gasteiger partial charge in [0.05, 0.1) is 18.3 Å². The van der Waals surface area contributed by atoms with Gasteiger partial charge in [0, 0.05) is 6.61 Å². The predicted octanol–water partition coefficient (Wildman–Crippen LogP) is 0.422. The number of aliphatic hydroxyl groups is 4. The lowest BCUT2D eigenvalue weighted by molar-refractivity contribution is 0.0584. The van der Waals surface area contributed by atoms with Crippen LogP contribution in [0.2, 0.25) is 0 Å². The van der Waals surface area contributed by atoms with Crippen molar-refractivity contribution < 1.29 is 20.4 Å². The first kappa shape index (κ1) is 14.8. The molecular formula is C11H24O4. The van der Waals surface area contributed by atoms with Gasteiger partial charge in [-0.2, -0.15) is 0 Å². The molecule has 0 aliphatic carbocycles. The van der Waals surface area contributed by atoms with E-state index in [9.17, 15) is 10.2 Å². The van der Waals surface area contributed by atoms with Crippen molar-refractivity contribution in [2.45, 2.75) is 63.8 Å². The Labute approximate surface area is 91.6 Å². The van der Waals surface area contributed by atoms with Gasteiger partial charge in [0.1, 0.15) is 0 Å². The molecule has 0 saturated carbocycles. The van der Waals surface area contributed by atoms with Crippen LogP contribution in [0, 0.1) is 0 Å². The molecule has 0 saturated heterocycles. The second-order valence-corrected chi connectivity index (χ2v) is 4.19. The normalized spacial score (nSPS) is 17.4. The minimum atomic E-state index is -0.538. The second kappa shape index (κ2) is 9.09. The van der Waals surface area contributed by atoms with Gasteiger partial charge < -0.3 is 20.4 Å². The minimum absolute atomic E-state index is 0.150. The monoisotopic (exact) mass is 220 g/mol. The molecule has 4 nitrogen and oxygen atoms in total. The van der Waals surface area contributed by atoms with E-state index in [2.05, 4.69) is 0 Å². The Morgan fingerprint density at radius 3 is 2.00 bits per heavy atom. The third-order valence-electron chi connectivity index (χ3n) is 2.41. The van der Waals surface area contributed by atoms with Gasteiger partial charge in [-0.1, -0.05) is 0 Å². The van der Waals surface area contributed by atoms with Crippen LogP contribution in [0.5, 0.6) is 0 Å². The molecule has 0 aromatic rings. The van der Waals surface area contributed by atoms with Crippen LogP contribution in [-0.4, -0.2) is 45.3 Å². The van der Waals surface area contributed by atoms with Crippen molar-refractivity contribution in [3.8, 4) is 0 Å². The summed E-state index contributed by atoms with van der Waals surface area (Å²) in [5.74, 6) is 0. The lowest BCUT2D eigenvalue weighted by atomic mass is 10.0. The summed E-state index contributed by atoms with van der Waals surface area (Å²) in [7, 11) is 0. The number of aliphatic hydroxyl groups excluding tert-OH is 4. The fraction of sp³-hybridized carbons (Fsp3) is 1.00. The van der Waals surface area contributed by atoms with E-state index in [4.69, 9.17) is 10.2 Å². The maximum atomic E-state index is 9.51. The van der Waals surface area contributed by atoms with Crippen molar-refractivity contribution in [1.29, 1.82) is 0 Å². The summed E-state index contributed by atoms with van der Waals surface area (Å²) in [6.07, 6.45) is 2.10. The van der Waals surface area contributed by atoms with Gasteiger partial charge in [0.15, 0.2) is 0 Å². The Morgan fingerprint density at radius 2 is 1.47 bits per heavy atom. The summed E-state index contributed by atoms with van der Waals surface area (Å²) in [6.45, 7) is 1.84. The van der Waals surface area contributed by atoms with E-state index in [0.29, 0.717) is 32.1 Å². The van der Waals surface area contributed by atoms with Gasteiger partial charge in [-0.05, 0) is 45.4 Å². The predicted molar refractivity (Wildman–Crippen MR) is 58.5 cm³/mol. The first-order chi connectivity index (χ1) is 7.06. The molecule has 3 atom stereocenters. The zero-order chi connectivity index (χ0) is 11.7. The minimum Gasteiger partial charge on any atom is -0.396 e. The zero-order valence-electron chi connectivity index (χ0n) is 9.47. The van der Waals surface area contributed by atoms with E-state index < -0.39 is 18.3 Å². The van der Waals surface area contributed by atoms with Crippen LogP contribution in [0.1, 0.15) is 45.4 Å². The van der Waals surface area contributed by atoms with E-state index in [1.165, 1.54) is 0 Å². The first-order valence-electron chi connectivity index (χ1n) is 5.71. The average molecular weight is 220 g/mol. The molecule has 0 radical (unpaired) electrons. The highest BCUT2D eigenvalue weighted by Gasteiger charge is 2.12. The summed E-state index contributed by atoms with van der Waals surface area (Å²) in [5.41, 5.74) is 0. The van der Waals surface area contributed by atoms with Crippen molar-refractivity contribution in [3.63, 3.8) is 0 Å². The van der Waals surface area contributed by atoms with Crippen LogP contribution >= 0.6 is 0 Å². The van der Waals surface area contributed by atoms with Crippen molar-refractivity contribution >= 4 is 0 Å².